The third-order valence-corrected chi connectivity index (χ3v) is 3.85. The molecule has 4 nitrogen and oxygen atoms in total. The van der Waals surface area contributed by atoms with Gasteiger partial charge in [-0.25, -0.2) is 4.98 Å². The maximum absolute atomic E-state index is 11.8. The van der Waals surface area contributed by atoms with Crippen molar-refractivity contribution in [1.82, 2.24) is 4.98 Å². The number of aromatic nitrogens is 1. The Bertz CT molecular complexity index is 427. The molecule has 6 heteroatoms. The van der Waals surface area contributed by atoms with E-state index in [0.29, 0.717) is 30.3 Å². The summed E-state index contributed by atoms with van der Waals surface area (Å²) in [6.07, 6.45) is 2.10. The number of carbonyl (C=O) groups excluding carboxylic acids is 1. The lowest BCUT2D eigenvalue weighted by Gasteiger charge is -2.18. The van der Waals surface area contributed by atoms with E-state index in [2.05, 4.69) is 20.9 Å². The Morgan fingerprint density at radius 3 is 3.06 bits per heavy atom. The quantitative estimate of drug-likeness (QED) is 0.672. The van der Waals surface area contributed by atoms with Crippen LogP contribution in [0.5, 0.6) is 0 Å². The molecule has 16 heavy (non-hydrogen) atoms. The predicted octanol–water partition coefficient (Wildman–Crippen LogP) is 2.06. The van der Waals surface area contributed by atoms with E-state index in [1.165, 1.54) is 0 Å². The lowest BCUT2D eigenvalue weighted by Crippen LogP contribution is -2.25. The Morgan fingerprint density at radius 1 is 1.69 bits per heavy atom. The third kappa shape index (κ3) is 2.01. The number of nitrogen functional groups attached to an aromatic ring is 1. The fraction of sp³-hybridized carbons (Fsp3) is 0.400. The van der Waals surface area contributed by atoms with Crippen LogP contribution in [0.2, 0.25) is 5.15 Å². The molecule has 0 bridgehead atoms. The van der Waals surface area contributed by atoms with Crippen LogP contribution in [-0.4, -0.2) is 22.8 Å². The molecule has 1 aliphatic rings. The van der Waals surface area contributed by atoms with Gasteiger partial charge in [-0.3, -0.25) is 4.79 Å². The van der Waals surface area contributed by atoms with Crippen molar-refractivity contribution in [2.45, 2.75) is 6.42 Å². The summed E-state index contributed by atoms with van der Waals surface area (Å²) >= 11 is 9.22. The van der Waals surface area contributed by atoms with Gasteiger partial charge in [0, 0.05) is 24.5 Å². The van der Waals surface area contributed by atoms with E-state index in [4.69, 9.17) is 17.3 Å². The third-order valence-electron chi connectivity index (χ3n) is 2.63. The normalized spacial score (nSPS) is 20.5. The first-order chi connectivity index (χ1) is 7.63. The highest BCUT2D eigenvalue weighted by Gasteiger charge is 2.31. The standard InChI is InChI=1S/C10H11BrClN3O/c11-4-6-3-8(16)15(5-6)7-1-2-14-10(12)9(7)13/h1-2,6H,3-5,13H2. The van der Waals surface area contributed by atoms with Crippen molar-refractivity contribution in [3.05, 3.63) is 17.4 Å². The molecule has 0 saturated carbocycles. The van der Waals surface area contributed by atoms with E-state index in [-0.39, 0.29) is 11.1 Å². The zero-order valence-electron chi connectivity index (χ0n) is 8.49. The van der Waals surface area contributed by atoms with Gasteiger partial charge in [0.2, 0.25) is 5.91 Å². The zero-order chi connectivity index (χ0) is 11.7. The van der Waals surface area contributed by atoms with Crippen molar-refractivity contribution >= 4 is 44.8 Å². The summed E-state index contributed by atoms with van der Waals surface area (Å²) in [5.74, 6) is 0.414. The van der Waals surface area contributed by atoms with Crippen molar-refractivity contribution in [3.63, 3.8) is 0 Å². The zero-order valence-corrected chi connectivity index (χ0v) is 10.8. The monoisotopic (exact) mass is 303 g/mol. The summed E-state index contributed by atoms with van der Waals surface area (Å²) in [4.78, 5) is 17.3. The highest BCUT2D eigenvalue weighted by atomic mass is 79.9. The van der Waals surface area contributed by atoms with Gasteiger partial charge in [-0.15, -0.1) is 0 Å². The van der Waals surface area contributed by atoms with Crippen LogP contribution >= 0.6 is 27.5 Å². The number of carbonyl (C=O) groups is 1. The first kappa shape index (κ1) is 11.7. The van der Waals surface area contributed by atoms with Gasteiger partial charge in [0.15, 0.2) is 5.15 Å². The second-order valence-corrected chi connectivity index (χ2v) is 4.77. The van der Waals surface area contributed by atoms with Crippen LogP contribution in [0.4, 0.5) is 11.4 Å². The molecule has 2 rings (SSSR count). The van der Waals surface area contributed by atoms with Crippen LogP contribution < -0.4 is 10.6 Å². The first-order valence-electron chi connectivity index (χ1n) is 4.89. The van der Waals surface area contributed by atoms with Crippen LogP contribution in [0.1, 0.15) is 6.42 Å². The summed E-state index contributed by atoms with van der Waals surface area (Å²) < 4.78 is 0. The van der Waals surface area contributed by atoms with Gasteiger partial charge in [0.25, 0.3) is 0 Å². The van der Waals surface area contributed by atoms with E-state index in [9.17, 15) is 4.79 Å². The molecule has 0 radical (unpaired) electrons. The molecule has 1 fully saturated rings. The van der Waals surface area contributed by atoms with Gasteiger partial charge in [0.05, 0.1) is 11.4 Å². The summed E-state index contributed by atoms with van der Waals surface area (Å²) in [5, 5.41) is 1.06. The van der Waals surface area contributed by atoms with Crippen molar-refractivity contribution in [1.29, 1.82) is 0 Å². The number of hydrogen-bond donors (Lipinski definition) is 1. The Hall–Kier alpha value is -0.810. The second kappa shape index (κ2) is 4.59. The molecule has 1 amide bonds. The lowest BCUT2D eigenvalue weighted by atomic mass is 10.2. The topological polar surface area (TPSA) is 59.2 Å². The molecular weight excluding hydrogens is 293 g/mol. The fourth-order valence-corrected chi connectivity index (χ4v) is 2.38. The highest BCUT2D eigenvalue weighted by molar-refractivity contribution is 9.09. The number of alkyl halides is 1. The molecule has 86 valence electrons. The summed E-state index contributed by atoms with van der Waals surface area (Å²) in [6, 6.07) is 1.72. The Balaban J connectivity index is 2.31. The minimum atomic E-state index is 0.0819. The number of hydrogen-bond acceptors (Lipinski definition) is 3. The molecule has 0 spiro atoms. The number of pyridine rings is 1. The molecule has 1 saturated heterocycles. The van der Waals surface area contributed by atoms with E-state index in [1.807, 2.05) is 0 Å². The number of halogens is 2. The van der Waals surface area contributed by atoms with Crippen LogP contribution in [0.25, 0.3) is 0 Å². The van der Waals surface area contributed by atoms with Gasteiger partial charge < -0.3 is 10.6 Å². The number of anilines is 2. The smallest absolute Gasteiger partial charge is 0.227 e. The molecule has 0 aliphatic carbocycles. The van der Waals surface area contributed by atoms with Gasteiger partial charge in [0.1, 0.15) is 0 Å². The molecule has 1 atom stereocenters. The van der Waals surface area contributed by atoms with Crippen molar-refractivity contribution in [3.8, 4) is 0 Å². The van der Waals surface area contributed by atoms with Gasteiger partial charge in [-0.2, -0.15) is 0 Å². The maximum atomic E-state index is 11.8. The minimum absolute atomic E-state index is 0.0819. The van der Waals surface area contributed by atoms with Crippen molar-refractivity contribution in [2.75, 3.05) is 22.5 Å². The van der Waals surface area contributed by atoms with Gasteiger partial charge in [-0.05, 0) is 12.0 Å². The van der Waals surface area contributed by atoms with E-state index in [0.717, 1.165) is 5.33 Å². The molecule has 1 aromatic heterocycles. The number of rotatable bonds is 2. The average molecular weight is 305 g/mol. The largest absolute Gasteiger partial charge is 0.395 e. The minimum Gasteiger partial charge on any atom is -0.395 e. The van der Waals surface area contributed by atoms with Crippen molar-refractivity contribution in [2.24, 2.45) is 5.92 Å². The van der Waals surface area contributed by atoms with E-state index in [1.54, 1.807) is 17.2 Å². The molecule has 2 N–H and O–H groups in total. The summed E-state index contributed by atoms with van der Waals surface area (Å²) in [7, 11) is 0. The molecule has 1 aromatic rings. The summed E-state index contributed by atoms with van der Waals surface area (Å²) in [6.45, 7) is 0.675. The number of nitrogens with two attached hydrogens (primary N) is 1. The van der Waals surface area contributed by atoms with Crippen LogP contribution in [0.3, 0.4) is 0 Å². The summed E-state index contributed by atoms with van der Waals surface area (Å²) in [5.41, 5.74) is 6.84. The van der Waals surface area contributed by atoms with E-state index >= 15 is 0 Å². The van der Waals surface area contributed by atoms with Crippen LogP contribution in [0.15, 0.2) is 12.3 Å². The molecule has 0 aromatic carbocycles. The Kier molecular flexibility index (Phi) is 3.35. The number of amides is 1. The second-order valence-electron chi connectivity index (χ2n) is 3.76. The maximum Gasteiger partial charge on any atom is 0.227 e. The fourth-order valence-electron chi connectivity index (χ4n) is 1.79. The Morgan fingerprint density at radius 2 is 2.44 bits per heavy atom. The van der Waals surface area contributed by atoms with Crippen LogP contribution in [-0.2, 0) is 4.79 Å². The van der Waals surface area contributed by atoms with Gasteiger partial charge in [-0.1, -0.05) is 27.5 Å². The Labute approximate surface area is 107 Å². The molecular formula is C10H11BrClN3O. The van der Waals surface area contributed by atoms with Gasteiger partial charge >= 0.3 is 0 Å². The van der Waals surface area contributed by atoms with Crippen molar-refractivity contribution < 1.29 is 4.79 Å². The molecule has 1 unspecified atom stereocenters. The van der Waals surface area contributed by atoms with Crippen LogP contribution in [0, 0.1) is 5.92 Å². The SMILES string of the molecule is Nc1c(N2CC(CBr)CC2=O)ccnc1Cl. The highest BCUT2D eigenvalue weighted by Crippen LogP contribution is 2.33. The predicted molar refractivity (Wildman–Crippen MR) is 67.9 cm³/mol. The van der Waals surface area contributed by atoms with E-state index < -0.39 is 0 Å². The number of nitrogens with zero attached hydrogens (tertiary/aromatic N) is 2. The molecule has 1 aliphatic heterocycles. The first-order valence-corrected chi connectivity index (χ1v) is 6.39. The lowest BCUT2D eigenvalue weighted by molar-refractivity contribution is -0.117. The average Bonchev–Trinajstić information content (AvgIpc) is 2.64. The molecule has 2 heterocycles.